The molecule has 4 nitrogen and oxygen atoms in total. The molecule has 0 radical (unpaired) electrons. The zero-order valence-corrected chi connectivity index (χ0v) is 13.5. The number of fused-ring (bicyclic) bond motifs is 4. The van der Waals surface area contributed by atoms with Crippen LogP contribution in [0.15, 0.2) is 36.5 Å². The van der Waals surface area contributed by atoms with E-state index in [0.29, 0.717) is 0 Å². The van der Waals surface area contributed by atoms with Crippen LogP contribution < -0.4 is 4.74 Å². The summed E-state index contributed by atoms with van der Waals surface area (Å²) in [5.74, 6) is 1.02. The van der Waals surface area contributed by atoms with Gasteiger partial charge in [0.1, 0.15) is 5.75 Å². The fourth-order valence-electron chi connectivity index (χ4n) is 3.63. The van der Waals surface area contributed by atoms with Crippen LogP contribution in [0.1, 0.15) is 47.1 Å². The second kappa shape index (κ2) is 5.37. The van der Waals surface area contributed by atoms with Gasteiger partial charge < -0.3 is 9.64 Å². The Morgan fingerprint density at radius 3 is 3.00 bits per heavy atom. The van der Waals surface area contributed by atoms with Gasteiger partial charge in [0.15, 0.2) is 0 Å². The maximum absolute atomic E-state index is 12.7. The van der Waals surface area contributed by atoms with E-state index in [4.69, 9.17) is 4.74 Å². The number of rotatable bonds is 2. The first-order valence-corrected chi connectivity index (χ1v) is 8.18. The lowest BCUT2D eigenvalue weighted by Crippen LogP contribution is -2.44. The number of nitrogens with zero attached hydrogens (tertiary/aromatic N) is 2. The summed E-state index contributed by atoms with van der Waals surface area (Å²) in [7, 11) is 0. The van der Waals surface area contributed by atoms with Crippen molar-refractivity contribution < 1.29 is 9.53 Å². The highest BCUT2D eigenvalue weighted by Gasteiger charge is 2.37. The van der Waals surface area contributed by atoms with Crippen molar-refractivity contribution in [3.05, 3.63) is 58.9 Å². The molecule has 1 amide bonds. The van der Waals surface area contributed by atoms with Crippen molar-refractivity contribution >= 4 is 5.91 Å². The Kier molecular flexibility index (Phi) is 3.33. The SMILES string of the molecule is CC(C)Oc1ccc2c(c1)CCN1C(=O)c3cccnc3CC21. The van der Waals surface area contributed by atoms with Gasteiger partial charge in [0.2, 0.25) is 0 Å². The number of hydrogen-bond donors (Lipinski definition) is 0. The lowest BCUT2D eigenvalue weighted by atomic mass is 9.85. The minimum Gasteiger partial charge on any atom is -0.491 e. The van der Waals surface area contributed by atoms with Gasteiger partial charge in [-0.25, -0.2) is 0 Å². The van der Waals surface area contributed by atoms with E-state index in [9.17, 15) is 4.79 Å². The van der Waals surface area contributed by atoms with E-state index in [1.54, 1.807) is 6.20 Å². The molecule has 0 spiro atoms. The van der Waals surface area contributed by atoms with Gasteiger partial charge in [-0.15, -0.1) is 0 Å². The predicted octanol–water partition coefficient (Wildman–Crippen LogP) is 3.16. The van der Waals surface area contributed by atoms with Gasteiger partial charge in [0.25, 0.3) is 5.91 Å². The molecule has 118 valence electrons. The molecule has 0 N–H and O–H groups in total. The monoisotopic (exact) mass is 308 g/mol. The van der Waals surface area contributed by atoms with Gasteiger partial charge in [-0.05, 0) is 55.7 Å². The van der Waals surface area contributed by atoms with Crippen LogP contribution in [0.5, 0.6) is 5.75 Å². The lowest BCUT2D eigenvalue weighted by molar-refractivity contribution is 0.0628. The molecule has 2 aliphatic heterocycles. The van der Waals surface area contributed by atoms with Crippen molar-refractivity contribution in [2.24, 2.45) is 0 Å². The van der Waals surface area contributed by atoms with Crippen molar-refractivity contribution in [2.45, 2.75) is 38.8 Å². The van der Waals surface area contributed by atoms with Crippen LogP contribution in [0.4, 0.5) is 0 Å². The molecule has 1 unspecified atom stereocenters. The molecular weight excluding hydrogens is 288 g/mol. The van der Waals surface area contributed by atoms with Crippen molar-refractivity contribution in [1.29, 1.82) is 0 Å². The van der Waals surface area contributed by atoms with Crippen LogP contribution in [-0.4, -0.2) is 28.4 Å². The number of amides is 1. The molecule has 0 aliphatic carbocycles. The standard InChI is InChI=1S/C19H20N2O2/c1-12(2)23-14-5-6-15-13(10-14)7-9-21-18(15)11-17-16(19(21)22)4-3-8-20-17/h3-6,8,10,12,18H,7,9,11H2,1-2H3. The van der Waals surface area contributed by atoms with Crippen LogP contribution in [-0.2, 0) is 12.8 Å². The molecule has 2 aromatic rings. The Labute approximate surface area is 136 Å². The Balaban J connectivity index is 1.72. The number of ether oxygens (including phenoxy) is 1. The maximum Gasteiger partial charge on any atom is 0.256 e. The summed E-state index contributed by atoms with van der Waals surface area (Å²) >= 11 is 0. The lowest BCUT2D eigenvalue weighted by Gasteiger charge is -2.40. The van der Waals surface area contributed by atoms with Gasteiger partial charge in [-0.2, -0.15) is 0 Å². The fraction of sp³-hybridized carbons (Fsp3) is 0.368. The molecule has 4 heteroatoms. The largest absolute Gasteiger partial charge is 0.491 e. The number of aromatic nitrogens is 1. The minimum absolute atomic E-state index is 0.0988. The maximum atomic E-state index is 12.7. The molecular formula is C19H20N2O2. The first-order chi connectivity index (χ1) is 11.1. The normalized spacial score (nSPS) is 19.2. The molecule has 23 heavy (non-hydrogen) atoms. The van der Waals surface area contributed by atoms with Crippen LogP contribution in [0.3, 0.4) is 0 Å². The molecule has 0 saturated carbocycles. The fourth-order valence-corrected chi connectivity index (χ4v) is 3.63. The predicted molar refractivity (Wildman–Crippen MR) is 87.6 cm³/mol. The molecule has 1 atom stereocenters. The third-order valence-electron chi connectivity index (χ3n) is 4.61. The van der Waals surface area contributed by atoms with Crippen LogP contribution in [0.2, 0.25) is 0 Å². The molecule has 0 fully saturated rings. The highest BCUT2D eigenvalue weighted by Crippen LogP contribution is 2.38. The smallest absolute Gasteiger partial charge is 0.256 e. The first kappa shape index (κ1) is 14.2. The van der Waals surface area contributed by atoms with E-state index in [-0.39, 0.29) is 18.1 Å². The number of carbonyl (C=O) groups is 1. The summed E-state index contributed by atoms with van der Waals surface area (Å²) in [6.45, 7) is 4.82. The number of pyridine rings is 1. The number of carbonyl (C=O) groups excluding carboxylic acids is 1. The van der Waals surface area contributed by atoms with E-state index in [1.165, 1.54) is 11.1 Å². The Morgan fingerprint density at radius 2 is 2.17 bits per heavy atom. The van der Waals surface area contributed by atoms with E-state index in [1.807, 2.05) is 36.9 Å². The Hall–Kier alpha value is -2.36. The van der Waals surface area contributed by atoms with Crippen LogP contribution in [0.25, 0.3) is 0 Å². The first-order valence-electron chi connectivity index (χ1n) is 8.18. The third kappa shape index (κ3) is 2.38. The quantitative estimate of drug-likeness (QED) is 0.856. The van der Waals surface area contributed by atoms with Crippen molar-refractivity contribution in [1.82, 2.24) is 9.88 Å². The van der Waals surface area contributed by atoms with E-state index >= 15 is 0 Å². The zero-order valence-electron chi connectivity index (χ0n) is 13.5. The second-order valence-electron chi connectivity index (χ2n) is 6.49. The summed E-state index contributed by atoms with van der Waals surface area (Å²) in [5, 5.41) is 0. The van der Waals surface area contributed by atoms with E-state index < -0.39 is 0 Å². The summed E-state index contributed by atoms with van der Waals surface area (Å²) < 4.78 is 5.80. The number of benzene rings is 1. The van der Waals surface area contributed by atoms with Crippen LogP contribution >= 0.6 is 0 Å². The average molecular weight is 308 g/mol. The average Bonchev–Trinajstić information content (AvgIpc) is 2.54. The molecule has 0 bridgehead atoms. The third-order valence-corrected chi connectivity index (χ3v) is 4.61. The van der Waals surface area contributed by atoms with Crippen molar-refractivity contribution in [2.75, 3.05) is 6.54 Å². The van der Waals surface area contributed by atoms with E-state index in [2.05, 4.69) is 17.1 Å². The van der Waals surface area contributed by atoms with Gasteiger partial charge in [0.05, 0.1) is 23.4 Å². The molecule has 2 aliphatic rings. The Bertz CT molecular complexity index is 770. The number of hydrogen-bond acceptors (Lipinski definition) is 3. The van der Waals surface area contributed by atoms with E-state index in [0.717, 1.165) is 36.4 Å². The molecule has 1 aromatic heterocycles. The zero-order chi connectivity index (χ0) is 16.0. The van der Waals surface area contributed by atoms with Crippen molar-refractivity contribution in [3.8, 4) is 5.75 Å². The highest BCUT2D eigenvalue weighted by atomic mass is 16.5. The molecule has 4 rings (SSSR count). The summed E-state index contributed by atoms with van der Waals surface area (Å²) in [5.41, 5.74) is 4.19. The molecule has 0 saturated heterocycles. The van der Waals surface area contributed by atoms with Crippen LogP contribution in [0, 0.1) is 0 Å². The summed E-state index contributed by atoms with van der Waals surface area (Å²) in [4.78, 5) is 19.1. The second-order valence-corrected chi connectivity index (χ2v) is 6.49. The van der Waals surface area contributed by atoms with Gasteiger partial charge in [-0.1, -0.05) is 6.07 Å². The topological polar surface area (TPSA) is 42.4 Å². The van der Waals surface area contributed by atoms with Gasteiger partial charge in [0, 0.05) is 19.2 Å². The van der Waals surface area contributed by atoms with Crippen molar-refractivity contribution in [3.63, 3.8) is 0 Å². The summed E-state index contributed by atoms with van der Waals surface area (Å²) in [6.07, 6.45) is 3.60. The highest BCUT2D eigenvalue weighted by molar-refractivity contribution is 5.96. The molecule has 1 aromatic carbocycles. The molecule has 3 heterocycles. The summed E-state index contributed by atoms with van der Waals surface area (Å²) in [6, 6.07) is 10.1. The van der Waals surface area contributed by atoms with Gasteiger partial charge in [-0.3, -0.25) is 9.78 Å². The minimum atomic E-state index is 0.0988. The van der Waals surface area contributed by atoms with Gasteiger partial charge >= 0.3 is 0 Å². The Morgan fingerprint density at radius 1 is 1.30 bits per heavy atom.